The number of β-amino-alcohol motifs (C(OH)–C–C–N with tert-alkyl or cyclic N) is 1. The lowest BCUT2D eigenvalue weighted by Gasteiger charge is -2.38. The van der Waals surface area contributed by atoms with Gasteiger partial charge in [0.05, 0.1) is 12.0 Å². The van der Waals surface area contributed by atoms with Gasteiger partial charge in [-0.05, 0) is 66.5 Å². The molecule has 6 nitrogen and oxygen atoms in total. The van der Waals surface area contributed by atoms with E-state index in [0.717, 1.165) is 21.9 Å². The van der Waals surface area contributed by atoms with E-state index in [0.29, 0.717) is 31.4 Å². The van der Waals surface area contributed by atoms with Gasteiger partial charge in [0.25, 0.3) is 0 Å². The number of halogens is 3. The second-order valence-electron chi connectivity index (χ2n) is 15.0. The number of nitrogens with one attached hydrogen (secondary N) is 2. The molecule has 0 saturated carbocycles. The van der Waals surface area contributed by atoms with E-state index in [4.69, 9.17) is 0 Å². The van der Waals surface area contributed by atoms with E-state index < -0.39 is 36.3 Å². The molecule has 0 spiro atoms. The van der Waals surface area contributed by atoms with Crippen LogP contribution in [-0.4, -0.2) is 75.8 Å². The second kappa shape index (κ2) is 20.1. The van der Waals surface area contributed by atoms with Crippen LogP contribution in [0, 0.1) is 24.7 Å². The van der Waals surface area contributed by atoms with Crippen LogP contribution in [0.3, 0.4) is 0 Å². The Labute approximate surface area is 312 Å². The molecular formula is C42H56F3N3O3S. The molecule has 3 aromatic rings. The van der Waals surface area contributed by atoms with Crippen LogP contribution in [0.4, 0.5) is 13.2 Å². The Morgan fingerprint density at radius 3 is 2.21 bits per heavy atom. The summed E-state index contributed by atoms with van der Waals surface area (Å²) >= 11 is 1.71. The fraction of sp³-hybridized carbons (Fsp3) is 0.524. The number of hydrogen-bond acceptors (Lipinski definition) is 5. The van der Waals surface area contributed by atoms with Gasteiger partial charge in [0, 0.05) is 23.1 Å². The van der Waals surface area contributed by atoms with E-state index in [1.165, 1.54) is 4.90 Å². The fourth-order valence-electron chi connectivity index (χ4n) is 6.76. The minimum Gasteiger partial charge on any atom is -0.392 e. The summed E-state index contributed by atoms with van der Waals surface area (Å²) in [4.78, 5) is 29.4. The minimum absolute atomic E-state index is 0.0198. The zero-order chi connectivity index (χ0) is 38.5. The number of aliphatic hydroxyl groups excluding tert-OH is 1. The molecule has 284 valence electrons. The number of amides is 2. The number of rotatable bonds is 15. The first-order valence-corrected chi connectivity index (χ1v) is 19.2. The summed E-state index contributed by atoms with van der Waals surface area (Å²) in [6, 6.07) is 20.7. The van der Waals surface area contributed by atoms with Gasteiger partial charge in [-0.1, -0.05) is 114 Å². The number of nitrogens with zero attached hydrogens (tertiary/aromatic N) is 1. The highest BCUT2D eigenvalue weighted by Gasteiger charge is 2.45. The smallest absolute Gasteiger partial charge is 0.392 e. The zero-order valence-electron chi connectivity index (χ0n) is 31.2. The highest BCUT2D eigenvalue weighted by Crippen LogP contribution is 2.32. The van der Waals surface area contributed by atoms with Crippen LogP contribution in [0.5, 0.6) is 0 Å². The molecule has 0 radical (unpaired) electrons. The summed E-state index contributed by atoms with van der Waals surface area (Å²) in [5.41, 5.74) is 2.00. The van der Waals surface area contributed by atoms with Crippen molar-refractivity contribution in [3.05, 3.63) is 83.9 Å². The number of thioether (sulfide) groups is 1. The van der Waals surface area contributed by atoms with Crippen molar-refractivity contribution in [2.75, 3.05) is 18.8 Å². The van der Waals surface area contributed by atoms with Crippen LogP contribution in [0.15, 0.2) is 72.8 Å². The Balaban J connectivity index is 0.00000358. The summed E-state index contributed by atoms with van der Waals surface area (Å²) < 4.78 is 41.2. The molecule has 1 saturated heterocycles. The van der Waals surface area contributed by atoms with Crippen molar-refractivity contribution >= 4 is 34.3 Å². The Bertz CT molecular complexity index is 1570. The normalized spacial score (nSPS) is 17.7. The molecule has 52 heavy (non-hydrogen) atoms. The third-order valence-corrected chi connectivity index (χ3v) is 10.8. The monoisotopic (exact) mass is 739 g/mol. The number of terminal acetylenes is 1. The standard InChI is InChI=1S/C40H54F3N3O3S.C2H2/c1-27(2)36(45-37(48)31(26-50-39(3,4)5)23-30-18-13-17-29-16-9-10-19-34(29)30)38(49)44-32(22-28-14-7-6-8-15-28)24-33(47)25-46-21-12-11-20-35(46)40(41,42)43;1-2/h6-10,13-19,27,31-33,35-36,47H,11-12,20-26H2,1-5H3,(H,44,49)(H,45,48);1-2H/t31-,32?,33?,35?,36+;/m1./s1. The van der Waals surface area contributed by atoms with E-state index in [9.17, 15) is 27.9 Å². The van der Waals surface area contributed by atoms with Gasteiger partial charge in [-0.15, -0.1) is 12.8 Å². The summed E-state index contributed by atoms with van der Waals surface area (Å²) in [6.07, 6.45) is 4.70. The van der Waals surface area contributed by atoms with Gasteiger partial charge in [-0.25, -0.2) is 0 Å². The zero-order valence-corrected chi connectivity index (χ0v) is 32.0. The molecule has 4 rings (SSSR count). The van der Waals surface area contributed by atoms with Gasteiger partial charge in [-0.3, -0.25) is 14.5 Å². The predicted octanol–water partition coefficient (Wildman–Crippen LogP) is 7.82. The number of aliphatic hydroxyl groups is 1. The third kappa shape index (κ3) is 13.5. The highest BCUT2D eigenvalue weighted by molar-refractivity contribution is 8.00. The van der Waals surface area contributed by atoms with Crippen molar-refractivity contribution < 1.29 is 27.9 Å². The second-order valence-corrected chi connectivity index (χ2v) is 16.9. The summed E-state index contributed by atoms with van der Waals surface area (Å²) in [5, 5.41) is 19.5. The number of benzene rings is 3. The Morgan fingerprint density at radius 2 is 1.56 bits per heavy atom. The summed E-state index contributed by atoms with van der Waals surface area (Å²) in [5.74, 6) is -0.641. The molecule has 1 aliphatic heterocycles. The maximum absolute atomic E-state index is 14.1. The van der Waals surface area contributed by atoms with Gasteiger partial charge in [0.1, 0.15) is 12.1 Å². The number of likely N-dealkylation sites (tertiary alicyclic amines) is 1. The van der Waals surface area contributed by atoms with Gasteiger partial charge >= 0.3 is 6.18 Å². The van der Waals surface area contributed by atoms with Gasteiger partial charge in [0.15, 0.2) is 0 Å². The molecule has 1 fully saturated rings. The number of piperidine rings is 1. The Hall–Kier alpha value is -3.52. The molecule has 0 aromatic heterocycles. The lowest BCUT2D eigenvalue weighted by atomic mass is 9.94. The topological polar surface area (TPSA) is 81.7 Å². The Kier molecular flexibility index (Phi) is 16.6. The molecule has 3 unspecified atom stereocenters. The molecule has 2 amide bonds. The van der Waals surface area contributed by atoms with E-state index in [2.05, 4.69) is 68.5 Å². The number of hydrogen-bond donors (Lipinski definition) is 3. The minimum atomic E-state index is -4.36. The number of fused-ring (bicyclic) bond motifs is 1. The van der Waals surface area contributed by atoms with Crippen molar-refractivity contribution in [2.45, 2.75) is 108 Å². The highest BCUT2D eigenvalue weighted by atomic mass is 32.2. The van der Waals surface area contributed by atoms with Crippen molar-refractivity contribution in [3.8, 4) is 12.8 Å². The fourth-order valence-corrected chi connectivity index (χ4v) is 7.73. The summed E-state index contributed by atoms with van der Waals surface area (Å²) in [6.45, 7) is 10.2. The first-order valence-electron chi connectivity index (χ1n) is 18.2. The first-order chi connectivity index (χ1) is 24.6. The van der Waals surface area contributed by atoms with Crippen molar-refractivity contribution in [1.29, 1.82) is 0 Å². The van der Waals surface area contributed by atoms with Crippen LogP contribution >= 0.6 is 11.8 Å². The number of carbonyl (C=O) groups excluding carboxylic acids is 2. The van der Waals surface area contributed by atoms with Gasteiger partial charge in [0.2, 0.25) is 11.8 Å². The predicted molar refractivity (Wildman–Crippen MR) is 208 cm³/mol. The quantitative estimate of drug-likeness (QED) is 0.139. The third-order valence-electron chi connectivity index (χ3n) is 9.35. The Morgan fingerprint density at radius 1 is 0.904 bits per heavy atom. The SMILES string of the molecule is C#C.CC(C)[C@H](NC(=O)[C@@H](CSC(C)(C)C)Cc1cccc2ccccc12)C(=O)NC(Cc1ccccc1)CC(O)CN1CCCCC1C(F)(F)F. The summed E-state index contributed by atoms with van der Waals surface area (Å²) in [7, 11) is 0. The maximum Gasteiger partial charge on any atom is 0.404 e. The molecule has 5 atom stereocenters. The molecule has 3 aromatic carbocycles. The molecular weight excluding hydrogens is 684 g/mol. The molecule has 3 N–H and O–H groups in total. The number of carbonyl (C=O) groups is 2. The van der Waals surface area contributed by atoms with Gasteiger partial charge in [-0.2, -0.15) is 24.9 Å². The average molecular weight is 740 g/mol. The largest absolute Gasteiger partial charge is 0.404 e. The van der Waals surface area contributed by atoms with Crippen LogP contribution < -0.4 is 10.6 Å². The first kappa shape index (κ1) is 42.9. The van der Waals surface area contributed by atoms with Crippen LogP contribution in [0.25, 0.3) is 10.8 Å². The van der Waals surface area contributed by atoms with Crippen LogP contribution in [-0.2, 0) is 22.4 Å². The lowest BCUT2D eigenvalue weighted by molar-refractivity contribution is -0.194. The average Bonchev–Trinajstić information content (AvgIpc) is 3.09. The molecule has 0 bridgehead atoms. The van der Waals surface area contributed by atoms with E-state index in [1.807, 2.05) is 62.4 Å². The van der Waals surface area contributed by atoms with Gasteiger partial charge < -0.3 is 15.7 Å². The molecule has 0 aliphatic carbocycles. The van der Waals surface area contributed by atoms with E-state index in [-0.39, 0.29) is 48.4 Å². The van der Waals surface area contributed by atoms with E-state index >= 15 is 0 Å². The number of alkyl halides is 3. The van der Waals surface area contributed by atoms with Crippen LogP contribution in [0.1, 0.15) is 71.4 Å². The molecule has 10 heteroatoms. The maximum atomic E-state index is 14.1. The van der Waals surface area contributed by atoms with E-state index in [1.54, 1.807) is 11.8 Å². The lowest BCUT2D eigenvalue weighted by Crippen LogP contribution is -2.55. The van der Waals surface area contributed by atoms with Crippen molar-refractivity contribution in [2.24, 2.45) is 11.8 Å². The molecule has 1 aliphatic rings. The van der Waals surface area contributed by atoms with Crippen molar-refractivity contribution in [3.63, 3.8) is 0 Å². The molecule has 1 heterocycles. The van der Waals surface area contributed by atoms with Crippen LogP contribution in [0.2, 0.25) is 0 Å². The van der Waals surface area contributed by atoms with Crippen molar-refractivity contribution in [1.82, 2.24) is 15.5 Å².